The zero-order chi connectivity index (χ0) is 20.7. The van der Waals surface area contributed by atoms with Gasteiger partial charge in [0.25, 0.3) is 17.7 Å². The van der Waals surface area contributed by atoms with Crippen LogP contribution in [0.5, 0.6) is 0 Å². The third-order valence-electron chi connectivity index (χ3n) is 6.61. The number of likely N-dealkylation sites (tertiary alicyclic amines) is 1. The number of benzene rings is 1. The van der Waals surface area contributed by atoms with Crippen LogP contribution in [0.4, 0.5) is 0 Å². The van der Waals surface area contributed by atoms with Gasteiger partial charge < -0.3 is 10.0 Å². The van der Waals surface area contributed by atoms with Gasteiger partial charge in [0.15, 0.2) is 0 Å². The highest BCUT2D eigenvalue weighted by Gasteiger charge is 2.41. The van der Waals surface area contributed by atoms with Crippen molar-refractivity contribution in [3.63, 3.8) is 0 Å². The van der Waals surface area contributed by atoms with Crippen LogP contribution in [0.15, 0.2) is 18.2 Å². The van der Waals surface area contributed by atoms with Gasteiger partial charge in [-0.25, -0.2) is 0 Å². The quantitative estimate of drug-likeness (QED) is 0.790. The van der Waals surface area contributed by atoms with Crippen LogP contribution in [0.3, 0.4) is 0 Å². The molecule has 29 heavy (non-hydrogen) atoms. The summed E-state index contributed by atoms with van der Waals surface area (Å²) in [5.41, 5.74) is 1.05. The molecule has 0 bridgehead atoms. The Kier molecular flexibility index (Phi) is 5.15. The Morgan fingerprint density at radius 1 is 1.00 bits per heavy atom. The summed E-state index contributed by atoms with van der Waals surface area (Å²) in [5.74, 6) is -2.18. The van der Waals surface area contributed by atoms with Gasteiger partial charge in [0.05, 0.1) is 17.0 Å². The fourth-order valence-corrected chi connectivity index (χ4v) is 4.94. The van der Waals surface area contributed by atoms with Gasteiger partial charge in [0.1, 0.15) is 0 Å². The van der Waals surface area contributed by atoms with E-state index in [0.717, 1.165) is 32.1 Å². The van der Waals surface area contributed by atoms with Crippen molar-refractivity contribution >= 4 is 23.7 Å². The van der Waals surface area contributed by atoms with Crippen LogP contribution in [0, 0.1) is 11.8 Å². The van der Waals surface area contributed by atoms with Gasteiger partial charge >= 0.3 is 5.97 Å². The van der Waals surface area contributed by atoms with E-state index in [4.69, 9.17) is 0 Å². The van der Waals surface area contributed by atoms with Crippen LogP contribution in [-0.4, -0.2) is 57.7 Å². The molecule has 1 saturated carbocycles. The average Bonchev–Trinajstić information content (AvgIpc) is 2.97. The van der Waals surface area contributed by atoms with Crippen molar-refractivity contribution in [2.45, 2.75) is 51.5 Å². The summed E-state index contributed by atoms with van der Waals surface area (Å²) < 4.78 is 0. The SMILES string of the molecule is CC1CN(C(=O)c2ccc3c(c2)C(=O)N(C2CCCCC2)C3=O)CCC1C(=O)O. The third-order valence-corrected chi connectivity index (χ3v) is 6.61. The normalized spacial score (nSPS) is 25.3. The predicted molar refractivity (Wildman–Crippen MR) is 105 cm³/mol. The van der Waals surface area contributed by atoms with Crippen molar-refractivity contribution in [1.82, 2.24) is 9.80 Å². The number of fused-ring (bicyclic) bond motifs is 1. The van der Waals surface area contributed by atoms with E-state index in [2.05, 4.69) is 0 Å². The Morgan fingerprint density at radius 2 is 1.69 bits per heavy atom. The lowest BCUT2D eigenvalue weighted by Gasteiger charge is -2.35. The number of carboxylic acid groups (broad SMARTS) is 1. The summed E-state index contributed by atoms with van der Waals surface area (Å²) in [6.45, 7) is 2.58. The van der Waals surface area contributed by atoms with Crippen LogP contribution < -0.4 is 0 Å². The largest absolute Gasteiger partial charge is 0.481 e. The van der Waals surface area contributed by atoms with Crippen LogP contribution in [-0.2, 0) is 4.79 Å². The molecule has 3 amide bonds. The van der Waals surface area contributed by atoms with Crippen molar-refractivity contribution in [3.05, 3.63) is 34.9 Å². The number of aliphatic carboxylic acids is 1. The highest BCUT2D eigenvalue weighted by atomic mass is 16.4. The van der Waals surface area contributed by atoms with Gasteiger partial charge in [0.2, 0.25) is 0 Å². The fourth-order valence-electron chi connectivity index (χ4n) is 4.94. The van der Waals surface area contributed by atoms with Crippen molar-refractivity contribution in [3.8, 4) is 0 Å². The lowest BCUT2D eigenvalue weighted by Crippen LogP contribution is -2.45. The van der Waals surface area contributed by atoms with Gasteiger partial charge in [-0.3, -0.25) is 24.1 Å². The van der Waals surface area contributed by atoms with E-state index in [0.29, 0.717) is 36.2 Å². The molecule has 2 unspecified atom stereocenters. The van der Waals surface area contributed by atoms with E-state index in [-0.39, 0.29) is 29.7 Å². The zero-order valence-electron chi connectivity index (χ0n) is 16.6. The highest BCUT2D eigenvalue weighted by Crippen LogP contribution is 2.32. The molecule has 2 heterocycles. The van der Waals surface area contributed by atoms with E-state index in [1.54, 1.807) is 17.0 Å². The lowest BCUT2D eigenvalue weighted by atomic mass is 9.86. The highest BCUT2D eigenvalue weighted by molar-refractivity contribution is 6.22. The van der Waals surface area contributed by atoms with Crippen molar-refractivity contribution in [2.24, 2.45) is 11.8 Å². The molecule has 2 fully saturated rings. The number of nitrogens with zero attached hydrogens (tertiary/aromatic N) is 2. The fraction of sp³-hybridized carbons (Fsp3) is 0.545. The molecule has 0 radical (unpaired) electrons. The summed E-state index contributed by atoms with van der Waals surface area (Å²) in [7, 11) is 0. The van der Waals surface area contributed by atoms with Crippen molar-refractivity contribution in [1.29, 1.82) is 0 Å². The molecule has 7 nitrogen and oxygen atoms in total. The first-order valence-corrected chi connectivity index (χ1v) is 10.4. The number of carboxylic acids is 1. The number of hydrogen-bond donors (Lipinski definition) is 1. The maximum atomic E-state index is 13.0. The van der Waals surface area contributed by atoms with Crippen LogP contribution in [0.1, 0.15) is 76.5 Å². The molecular formula is C22H26N2O5. The van der Waals surface area contributed by atoms with Gasteiger partial charge in [-0.15, -0.1) is 0 Å². The van der Waals surface area contributed by atoms with E-state index in [1.165, 1.54) is 11.0 Å². The van der Waals surface area contributed by atoms with E-state index < -0.39 is 11.9 Å². The topological polar surface area (TPSA) is 95.0 Å². The molecule has 154 valence electrons. The number of rotatable bonds is 3. The number of carbonyl (C=O) groups is 4. The number of carbonyl (C=O) groups excluding carboxylic acids is 3. The van der Waals surface area contributed by atoms with Crippen LogP contribution >= 0.6 is 0 Å². The van der Waals surface area contributed by atoms with Gasteiger partial charge in [-0.2, -0.15) is 0 Å². The molecule has 2 atom stereocenters. The van der Waals surface area contributed by atoms with Crippen LogP contribution in [0.25, 0.3) is 0 Å². The first-order chi connectivity index (χ1) is 13.9. The Bertz CT molecular complexity index is 874. The Hall–Kier alpha value is -2.70. The number of hydrogen-bond acceptors (Lipinski definition) is 4. The molecule has 1 aliphatic carbocycles. The van der Waals surface area contributed by atoms with Gasteiger partial charge in [0, 0.05) is 24.7 Å². The first-order valence-electron chi connectivity index (χ1n) is 10.4. The number of amides is 3. The summed E-state index contributed by atoms with van der Waals surface area (Å²) in [6.07, 6.45) is 5.27. The smallest absolute Gasteiger partial charge is 0.306 e. The predicted octanol–water partition coefficient (Wildman–Crippen LogP) is 2.80. The molecule has 1 saturated heterocycles. The van der Waals surface area contributed by atoms with Crippen molar-refractivity contribution < 1.29 is 24.3 Å². The molecule has 3 aliphatic rings. The molecule has 0 spiro atoms. The van der Waals surface area contributed by atoms with Gasteiger partial charge in [-0.05, 0) is 43.4 Å². The van der Waals surface area contributed by atoms with Gasteiger partial charge in [-0.1, -0.05) is 26.2 Å². The van der Waals surface area contributed by atoms with E-state index >= 15 is 0 Å². The molecule has 0 aromatic heterocycles. The Morgan fingerprint density at radius 3 is 2.34 bits per heavy atom. The van der Waals surface area contributed by atoms with E-state index in [9.17, 15) is 24.3 Å². The summed E-state index contributed by atoms with van der Waals surface area (Å²) in [5, 5.41) is 9.27. The molecule has 1 aromatic rings. The molecule has 1 aromatic carbocycles. The third kappa shape index (κ3) is 3.43. The second-order valence-corrected chi connectivity index (χ2v) is 8.49. The lowest BCUT2D eigenvalue weighted by molar-refractivity contribution is -0.145. The second-order valence-electron chi connectivity index (χ2n) is 8.49. The Balaban J connectivity index is 1.53. The summed E-state index contributed by atoms with van der Waals surface area (Å²) in [6, 6.07) is 4.67. The minimum absolute atomic E-state index is 0.0498. The average molecular weight is 398 g/mol. The summed E-state index contributed by atoms with van der Waals surface area (Å²) >= 11 is 0. The number of imide groups is 1. The molecule has 1 N–H and O–H groups in total. The monoisotopic (exact) mass is 398 g/mol. The standard InChI is InChI=1S/C22H26N2O5/c1-13-12-23(10-9-16(13)22(28)29)19(25)14-7-8-17-18(11-14)21(27)24(20(17)26)15-5-3-2-4-6-15/h7-8,11,13,15-16H,2-6,9-10,12H2,1H3,(H,28,29). The van der Waals surface area contributed by atoms with E-state index in [1.807, 2.05) is 6.92 Å². The zero-order valence-corrected chi connectivity index (χ0v) is 16.6. The minimum atomic E-state index is -0.825. The summed E-state index contributed by atoms with van der Waals surface area (Å²) in [4.78, 5) is 53.0. The maximum absolute atomic E-state index is 13.0. The second kappa shape index (κ2) is 7.61. The molecule has 4 rings (SSSR count). The first kappa shape index (κ1) is 19.6. The molecule has 7 heteroatoms. The minimum Gasteiger partial charge on any atom is -0.481 e. The van der Waals surface area contributed by atoms with Crippen LogP contribution in [0.2, 0.25) is 0 Å². The van der Waals surface area contributed by atoms with Crippen molar-refractivity contribution in [2.75, 3.05) is 13.1 Å². The Labute approximate surface area is 169 Å². The maximum Gasteiger partial charge on any atom is 0.306 e. The molecule has 2 aliphatic heterocycles. The molecular weight excluding hydrogens is 372 g/mol. The number of piperidine rings is 1.